The molecule has 72 valence electrons. The average molecular weight is 212 g/mol. The summed E-state index contributed by atoms with van der Waals surface area (Å²) in [6, 6.07) is 2.30. The summed E-state index contributed by atoms with van der Waals surface area (Å²) >= 11 is 0. The first-order valence-corrected chi connectivity index (χ1v) is 3.65. The Balaban J connectivity index is 0. The largest absolute Gasteiger partial charge is 0.329 e. The fourth-order valence-corrected chi connectivity index (χ4v) is 1.27. The van der Waals surface area contributed by atoms with Crippen LogP contribution >= 0.6 is 24.8 Å². The first-order chi connectivity index (χ1) is 4.83. The standard InChI is InChI=1S/C7H13N3.2ClH/c8-5-7(6-9)1-3-10-4-2-7;;/h10H,1-5,8H2;2*1H. The van der Waals surface area contributed by atoms with Gasteiger partial charge in [-0.1, -0.05) is 0 Å². The van der Waals surface area contributed by atoms with Crippen LogP contribution in [0.2, 0.25) is 0 Å². The molecule has 0 amide bonds. The SMILES string of the molecule is Cl.Cl.N#CC1(CN)CCNCC1. The van der Waals surface area contributed by atoms with E-state index in [-0.39, 0.29) is 30.2 Å². The van der Waals surface area contributed by atoms with Crippen molar-refractivity contribution in [1.82, 2.24) is 5.32 Å². The number of nitrogens with two attached hydrogens (primary N) is 1. The van der Waals surface area contributed by atoms with Crippen LogP contribution in [0, 0.1) is 16.7 Å². The van der Waals surface area contributed by atoms with E-state index in [0.717, 1.165) is 25.9 Å². The van der Waals surface area contributed by atoms with Crippen molar-refractivity contribution in [3.05, 3.63) is 0 Å². The molecule has 0 unspecified atom stereocenters. The maximum absolute atomic E-state index is 8.78. The molecule has 3 nitrogen and oxygen atoms in total. The van der Waals surface area contributed by atoms with E-state index in [1.54, 1.807) is 0 Å². The zero-order chi connectivity index (χ0) is 7.45. The lowest BCUT2D eigenvalue weighted by atomic mass is 9.81. The Hall–Kier alpha value is -0.0100. The molecule has 0 spiro atoms. The van der Waals surface area contributed by atoms with Gasteiger partial charge in [-0.25, -0.2) is 0 Å². The normalized spacial score (nSPS) is 19.7. The van der Waals surface area contributed by atoms with Crippen LogP contribution in [0.1, 0.15) is 12.8 Å². The minimum Gasteiger partial charge on any atom is -0.329 e. The van der Waals surface area contributed by atoms with Gasteiger partial charge >= 0.3 is 0 Å². The van der Waals surface area contributed by atoms with E-state index in [4.69, 9.17) is 11.0 Å². The molecule has 5 heteroatoms. The molecule has 1 rings (SSSR count). The van der Waals surface area contributed by atoms with E-state index >= 15 is 0 Å². The molecule has 0 radical (unpaired) electrons. The van der Waals surface area contributed by atoms with Gasteiger partial charge in [0, 0.05) is 6.54 Å². The summed E-state index contributed by atoms with van der Waals surface area (Å²) in [7, 11) is 0. The van der Waals surface area contributed by atoms with E-state index in [1.165, 1.54) is 0 Å². The molecule has 1 aliphatic heterocycles. The molecular weight excluding hydrogens is 197 g/mol. The van der Waals surface area contributed by atoms with Crippen molar-refractivity contribution in [2.24, 2.45) is 11.1 Å². The summed E-state index contributed by atoms with van der Waals surface area (Å²) in [5.74, 6) is 0. The van der Waals surface area contributed by atoms with Gasteiger partial charge in [0.1, 0.15) is 0 Å². The van der Waals surface area contributed by atoms with Crippen LogP contribution in [0.5, 0.6) is 0 Å². The lowest BCUT2D eigenvalue weighted by Crippen LogP contribution is -2.40. The van der Waals surface area contributed by atoms with Crippen molar-refractivity contribution in [2.45, 2.75) is 12.8 Å². The van der Waals surface area contributed by atoms with Crippen molar-refractivity contribution in [1.29, 1.82) is 5.26 Å². The molecule has 0 bridgehead atoms. The summed E-state index contributed by atoms with van der Waals surface area (Å²) in [4.78, 5) is 0. The van der Waals surface area contributed by atoms with Gasteiger partial charge in [0.25, 0.3) is 0 Å². The molecule has 0 aliphatic carbocycles. The first kappa shape index (κ1) is 14.5. The first-order valence-electron chi connectivity index (χ1n) is 3.65. The second-order valence-electron chi connectivity index (χ2n) is 2.85. The van der Waals surface area contributed by atoms with E-state index < -0.39 is 0 Å². The third kappa shape index (κ3) is 3.16. The van der Waals surface area contributed by atoms with Gasteiger partial charge in [0.05, 0.1) is 11.5 Å². The third-order valence-electron chi connectivity index (χ3n) is 2.19. The smallest absolute Gasteiger partial charge is 0.0720 e. The molecule has 1 saturated heterocycles. The van der Waals surface area contributed by atoms with Crippen molar-refractivity contribution in [2.75, 3.05) is 19.6 Å². The second kappa shape index (κ2) is 6.50. The lowest BCUT2D eigenvalue weighted by Gasteiger charge is -2.29. The summed E-state index contributed by atoms with van der Waals surface area (Å²) in [6.45, 7) is 2.38. The number of hydrogen-bond acceptors (Lipinski definition) is 3. The van der Waals surface area contributed by atoms with Crippen LogP contribution in [0.15, 0.2) is 0 Å². The second-order valence-corrected chi connectivity index (χ2v) is 2.85. The maximum atomic E-state index is 8.78. The predicted octanol–water partition coefficient (Wildman–Crippen LogP) is 0.682. The van der Waals surface area contributed by atoms with Crippen LogP contribution in [0.4, 0.5) is 0 Å². The Morgan fingerprint density at radius 2 is 1.83 bits per heavy atom. The van der Waals surface area contributed by atoms with Gasteiger partial charge in [-0.2, -0.15) is 5.26 Å². The molecule has 1 aliphatic rings. The zero-order valence-electron chi connectivity index (χ0n) is 6.88. The average Bonchev–Trinajstić information content (AvgIpc) is 2.06. The number of hydrogen-bond donors (Lipinski definition) is 2. The Kier molecular flexibility index (Phi) is 7.86. The van der Waals surface area contributed by atoms with Gasteiger partial charge in [-0.05, 0) is 25.9 Å². The monoisotopic (exact) mass is 211 g/mol. The van der Waals surface area contributed by atoms with Crippen LogP contribution < -0.4 is 11.1 Å². The minimum absolute atomic E-state index is 0. The van der Waals surface area contributed by atoms with E-state index in [0.29, 0.717) is 6.54 Å². The third-order valence-corrected chi connectivity index (χ3v) is 2.19. The predicted molar refractivity (Wildman–Crippen MR) is 53.7 cm³/mol. The van der Waals surface area contributed by atoms with E-state index in [1.807, 2.05) is 0 Å². The molecule has 1 heterocycles. The zero-order valence-corrected chi connectivity index (χ0v) is 8.51. The Morgan fingerprint density at radius 1 is 1.33 bits per heavy atom. The highest BCUT2D eigenvalue weighted by Crippen LogP contribution is 2.25. The molecular formula is C7H15Cl2N3. The van der Waals surface area contributed by atoms with E-state index in [2.05, 4.69) is 11.4 Å². The van der Waals surface area contributed by atoms with Crippen LogP contribution in [-0.4, -0.2) is 19.6 Å². The van der Waals surface area contributed by atoms with Crippen LogP contribution in [-0.2, 0) is 0 Å². The molecule has 12 heavy (non-hydrogen) atoms. The molecule has 3 N–H and O–H groups in total. The maximum Gasteiger partial charge on any atom is 0.0720 e. The molecule has 0 aromatic heterocycles. The summed E-state index contributed by atoms with van der Waals surface area (Å²) in [6.07, 6.45) is 1.81. The Morgan fingerprint density at radius 3 is 2.08 bits per heavy atom. The minimum atomic E-state index is -0.217. The van der Waals surface area contributed by atoms with Crippen molar-refractivity contribution < 1.29 is 0 Å². The molecule has 0 atom stereocenters. The topological polar surface area (TPSA) is 61.8 Å². The van der Waals surface area contributed by atoms with Crippen molar-refractivity contribution in [3.8, 4) is 6.07 Å². The fraction of sp³-hybridized carbons (Fsp3) is 0.857. The summed E-state index contributed by atoms with van der Waals surface area (Å²) in [5, 5.41) is 12.0. The van der Waals surface area contributed by atoms with Gasteiger partial charge in [-0.15, -0.1) is 24.8 Å². The molecule has 0 saturated carbocycles. The lowest BCUT2D eigenvalue weighted by molar-refractivity contribution is 0.291. The Labute approximate surface area is 85.5 Å². The highest BCUT2D eigenvalue weighted by atomic mass is 35.5. The van der Waals surface area contributed by atoms with Crippen molar-refractivity contribution >= 4 is 24.8 Å². The quantitative estimate of drug-likeness (QED) is 0.671. The van der Waals surface area contributed by atoms with Crippen LogP contribution in [0.25, 0.3) is 0 Å². The molecule has 0 aromatic rings. The molecule has 0 aromatic carbocycles. The van der Waals surface area contributed by atoms with Gasteiger partial charge in [0.2, 0.25) is 0 Å². The van der Waals surface area contributed by atoms with Gasteiger partial charge in [-0.3, -0.25) is 0 Å². The number of rotatable bonds is 1. The molecule has 1 fully saturated rings. The number of nitriles is 1. The number of nitrogens with zero attached hydrogens (tertiary/aromatic N) is 1. The van der Waals surface area contributed by atoms with Gasteiger partial charge < -0.3 is 11.1 Å². The highest BCUT2D eigenvalue weighted by molar-refractivity contribution is 5.85. The fourth-order valence-electron chi connectivity index (χ4n) is 1.27. The summed E-state index contributed by atoms with van der Waals surface area (Å²) < 4.78 is 0. The number of nitrogens with one attached hydrogen (secondary N) is 1. The van der Waals surface area contributed by atoms with Crippen LogP contribution in [0.3, 0.4) is 0 Å². The van der Waals surface area contributed by atoms with E-state index in [9.17, 15) is 0 Å². The number of halogens is 2. The van der Waals surface area contributed by atoms with Crippen molar-refractivity contribution in [3.63, 3.8) is 0 Å². The Bertz CT molecular complexity index is 149. The highest BCUT2D eigenvalue weighted by Gasteiger charge is 2.29. The number of piperidine rings is 1. The van der Waals surface area contributed by atoms with Gasteiger partial charge in [0.15, 0.2) is 0 Å². The summed E-state index contributed by atoms with van der Waals surface area (Å²) in [5.41, 5.74) is 5.28.